The third-order valence-electron chi connectivity index (χ3n) is 3.86. The van der Waals surface area contributed by atoms with Gasteiger partial charge < -0.3 is 35.4 Å². The van der Waals surface area contributed by atoms with Gasteiger partial charge in [0.1, 0.15) is 24.1 Å². The van der Waals surface area contributed by atoms with E-state index in [-0.39, 0.29) is 48.5 Å². The molecule has 0 aromatic carbocycles. The van der Waals surface area contributed by atoms with E-state index in [4.69, 9.17) is 10.5 Å². The molecular formula is C13H24N4NaO11P2. The number of ether oxygens (including phenoxy) is 1. The van der Waals surface area contributed by atoms with E-state index in [1.165, 1.54) is 12.3 Å². The molecule has 15 nitrogen and oxygen atoms in total. The van der Waals surface area contributed by atoms with Crippen LogP contribution in [-0.4, -0.2) is 116 Å². The van der Waals surface area contributed by atoms with Crippen molar-refractivity contribution in [1.82, 2.24) is 14.5 Å². The van der Waals surface area contributed by atoms with Gasteiger partial charge in [0, 0.05) is 42.3 Å². The average molecular weight is 497 g/mol. The maximum atomic E-state index is 11.9. The van der Waals surface area contributed by atoms with Crippen molar-refractivity contribution in [2.75, 3.05) is 39.6 Å². The van der Waals surface area contributed by atoms with E-state index in [9.17, 15) is 33.9 Å². The summed E-state index contributed by atoms with van der Waals surface area (Å²) in [5.41, 5.74) is 4.52. The Morgan fingerprint density at radius 3 is 2.42 bits per heavy atom. The molecule has 0 bridgehead atoms. The number of nitrogen functional groups attached to an aromatic ring is 1. The van der Waals surface area contributed by atoms with Gasteiger partial charge in [-0.3, -0.25) is 13.6 Å². The third kappa shape index (κ3) is 8.57. The second-order valence-corrected chi connectivity index (χ2v) is 9.58. The van der Waals surface area contributed by atoms with Gasteiger partial charge >= 0.3 is 21.3 Å². The number of aliphatic hydroxyl groups is 2. The van der Waals surface area contributed by atoms with Crippen LogP contribution >= 0.6 is 15.6 Å². The second kappa shape index (κ2) is 11.8. The monoisotopic (exact) mass is 497 g/mol. The minimum atomic E-state index is -5.11. The number of nitrogens with zero attached hydrogens (tertiary/aromatic N) is 3. The molecule has 0 aliphatic carbocycles. The van der Waals surface area contributed by atoms with Crippen LogP contribution in [0.5, 0.6) is 0 Å². The van der Waals surface area contributed by atoms with E-state index >= 15 is 0 Å². The Balaban J connectivity index is 0.00000480. The average Bonchev–Trinajstić information content (AvgIpc) is 2.87. The molecule has 2 rings (SSSR count). The van der Waals surface area contributed by atoms with Crippen molar-refractivity contribution >= 4 is 51.0 Å². The van der Waals surface area contributed by atoms with Gasteiger partial charge in [-0.1, -0.05) is 0 Å². The maximum absolute atomic E-state index is 11.9. The fourth-order valence-corrected chi connectivity index (χ4v) is 4.47. The summed E-state index contributed by atoms with van der Waals surface area (Å²) < 4.78 is 43.1. The van der Waals surface area contributed by atoms with Crippen molar-refractivity contribution in [2.45, 2.75) is 24.5 Å². The van der Waals surface area contributed by atoms with Crippen LogP contribution in [0.25, 0.3) is 0 Å². The van der Waals surface area contributed by atoms with Crippen LogP contribution in [-0.2, 0) is 27.2 Å². The van der Waals surface area contributed by atoms with E-state index in [1.807, 2.05) is 0 Å². The topological polar surface area (TPSA) is 216 Å². The summed E-state index contributed by atoms with van der Waals surface area (Å²) in [6.45, 7) is -0.841. The van der Waals surface area contributed by atoms with Gasteiger partial charge in [0.05, 0.1) is 13.2 Å². The summed E-state index contributed by atoms with van der Waals surface area (Å²) in [6.07, 6.45) is -4.82. The molecule has 1 radical (unpaired) electrons. The first-order valence-electron chi connectivity index (χ1n) is 8.48. The zero-order chi connectivity index (χ0) is 22.7. The molecule has 6 atom stereocenters. The van der Waals surface area contributed by atoms with Crippen molar-refractivity contribution in [2.24, 2.45) is 0 Å². The second-order valence-electron chi connectivity index (χ2n) is 6.54. The Hall–Kier alpha value is -0.220. The number of phosphoric acid groups is 2. The van der Waals surface area contributed by atoms with Gasteiger partial charge in [0.25, 0.3) is 0 Å². The summed E-state index contributed by atoms with van der Waals surface area (Å²) >= 11 is 0. The van der Waals surface area contributed by atoms with E-state index in [1.54, 1.807) is 19.0 Å². The predicted molar refractivity (Wildman–Crippen MR) is 106 cm³/mol. The Bertz CT molecular complexity index is 887. The van der Waals surface area contributed by atoms with Gasteiger partial charge in [-0.25, -0.2) is 13.9 Å². The first-order valence-corrected chi connectivity index (χ1v) is 11.5. The Kier molecular flexibility index (Phi) is 10.9. The summed E-state index contributed by atoms with van der Waals surface area (Å²) in [6, 6.07) is 1.26. The molecule has 1 aromatic heterocycles. The molecule has 173 valence electrons. The SMILES string of the molecule is CN(C)CCOP(=O)(O)OP(=O)(O)OCC1OC(n2ccc(N)nc2=O)C(O)C1O.[Na]. The van der Waals surface area contributed by atoms with Gasteiger partial charge in [-0.2, -0.15) is 9.29 Å². The summed E-state index contributed by atoms with van der Waals surface area (Å²) in [5, 5.41) is 20.2. The van der Waals surface area contributed by atoms with E-state index in [2.05, 4.69) is 18.3 Å². The van der Waals surface area contributed by atoms with Crippen molar-refractivity contribution in [1.29, 1.82) is 0 Å². The molecule has 0 saturated carbocycles. The number of anilines is 1. The largest absolute Gasteiger partial charge is 0.481 e. The Morgan fingerprint density at radius 1 is 1.23 bits per heavy atom. The molecule has 18 heteroatoms. The minimum Gasteiger partial charge on any atom is -0.387 e. The van der Waals surface area contributed by atoms with Gasteiger partial charge in [-0.15, -0.1) is 0 Å². The van der Waals surface area contributed by atoms with Crippen molar-refractivity contribution in [3.8, 4) is 0 Å². The molecular weight excluding hydrogens is 473 g/mol. The number of hydrogen-bond acceptors (Lipinski definition) is 12. The number of nitrogens with two attached hydrogens (primary N) is 1. The van der Waals surface area contributed by atoms with Crippen LogP contribution in [0.3, 0.4) is 0 Å². The first kappa shape index (κ1) is 28.8. The van der Waals surface area contributed by atoms with Crippen molar-refractivity contribution < 1.29 is 47.2 Å². The standard InChI is InChI=1S/C13H24N4O11P2.Na/c1-16(2)5-6-25-29(21,22)28-30(23,24)26-7-8-10(18)11(19)12(27-8)17-4-3-9(14)15-13(17)20;/h3-4,8,10-12,18-19H,5-7H2,1-2H3,(H,21,22)(H,23,24)(H2,14,15,20);. The van der Waals surface area contributed by atoms with Crippen LogP contribution < -0.4 is 11.4 Å². The van der Waals surface area contributed by atoms with Crippen LogP contribution in [0, 0.1) is 0 Å². The zero-order valence-electron chi connectivity index (χ0n) is 17.0. The fraction of sp³-hybridized carbons (Fsp3) is 0.692. The van der Waals surface area contributed by atoms with E-state index < -0.39 is 52.5 Å². The maximum Gasteiger partial charge on any atom is 0.481 e. The number of hydrogen-bond donors (Lipinski definition) is 5. The number of rotatable bonds is 10. The summed E-state index contributed by atoms with van der Waals surface area (Å²) in [5.74, 6) is -0.0660. The zero-order valence-corrected chi connectivity index (χ0v) is 20.8. The number of aromatic nitrogens is 2. The Morgan fingerprint density at radius 2 is 1.84 bits per heavy atom. The van der Waals surface area contributed by atoms with Gasteiger partial charge in [0.15, 0.2) is 6.23 Å². The molecule has 2 heterocycles. The summed E-state index contributed by atoms with van der Waals surface area (Å²) in [4.78, 5) is 36.1. The molecule has 1 saturated heterocycles. The third-order valence-corrected chi connectivity index (χ3v) is 6.50. The first-order chi connectivity index (χ1) is 13.8. The molecule has 1 aromatic rings. The van der Waals surface area contributed by atoms with E-state index in [0.29, 0.717) is 0 Å². The van der Waals surface area contributed by atoms with Crippen LogP contribution in [0.2, 0.25) is 0 Å². The van der Waals surface area contributed by atoms with Crippen LogP contribution in [0.4, 0.5) is 5.82 Å². The smallest absolute Gasteiger partial charge is 0.387 e. The molecule has 1 aliphatic heterocycles. The van der Waals surface area contributed by atoms with Crippen molar-refractivity contribution in [3.05, 3.63) is 22.7 Å². The molecule has 1 fully saturated rings. The van der Waals surface area contributed by atoms with Crippen LogP contribution in [0.1, 0.15) is 6.23 Å². The number of likely N-dealkylation sites (N-methyl/N-ethyl adjacent to an activating group) is 1. The van der Waals surface area contributed by atoms with E-state index in [0.717, 1.165) is 4.57 Å². The molecule has 6 N–H and O–H groups in total. The van der Waals surface area contributed by atoms with Gasteiger partial charge in [-0.05, 0) is 20.2 Å². The quantitative estimate of drug-likeness (QED) is 0.173. The molecule has 1 aliphatic rings. The van der Waals surface area contributed by atoms with Crippen LogP contribution in [0.15, 0.2) is 17.1 Å². The fourth-order valence-electron chi connectivity index (χ4n) is 2.40. The molecule has 0 spiro atoms. The molecule has 31 heavy (non-hydrogen) atoms. The minimum absolute atomic E-state index is 0. The Labute approximate surface area is 199 Å². The summed E-state index contributed by atoms with van der Waals surface area (Å²) in [7, 11) is -6.67. The number of phosphoric ester groups is 2. The molecule has 0 amide bonds. The van der Waals surface area contributed by atoms with Crippen molar-refractivity contribution in [3.63, 3.8) is 0 Å². The normalized spacial score (nSPS) is 27.5. The predicted octanol–water partition coefficient (Wildman–Crippen LogP) is -2.12. The number of aliphatic hydroxyl groups excluding tert-OH is 2. The van der Waals surface area contributed by atoms with Gasteiger partial charge in [0.2, 0.25) is 0 Å². The molecule has 6 unspecified atom stereocenters.